The second kappa shape index (κ2) is 9.53. The molecule has 0 radical (unpaired) electrons. The number of para-hydroxylation sites is 2. The molecule has 2 aromatic rings. The molecule has 0 aromatic heterocycles. The average molecular weight is 391 g/mol. The summed E-state index contributed by atoms with van der Waals surface area (Å²) in [7, 11) is -3.43. The topological polar surface area (TPSA) is 75.7 Å². The SMILES string of the molecule is CC(C)Oc1ccccc1NC(=O)CCN(Cc1ccccc1)S(C)(=O)=O. The highest BCUT2D eigenvalue weighted by Crippen LogP contribution is 2.25. The van der Waals surface area contributed by atoms with Crippen molar-refractivity contribution >= 4 is 21.6 Å². The molecule has 7 heteroatoms. The molecular formula is C20H26N2O4S. The minimum absolute atomic E-state index is 0.0188. The monoisotopic (exact) mass is 390 g/mol. The second-order valence-corrected chi connectivity index (χ2v) is 8.53. The molecule has 27 heavy (non-hydrogen) atoms. The first kappa shape index (κ1) is 20.9. The normalized spacial score (nSPS) is 11.6. The van der Waals surface area contributed by atoms with E-state index < -0.39 is 10.0 Å². The van der Waals surface area contributed by atoms with Gasteiger partial charge in [0.05, 0.1) is 18.0 Å². The highest BCUT2D eigenvalue weighted by molar-refractivity contribution is 7.88. The summed E-state index contributed by atoms with van der Waals surface area (Å²) < 4.78 is 31.1. The summed E-state index contributed by atoms with van der Waals surface area (Å²) in [6, 6.07) is 16.5. The number of hydrogen-bond donors (Lipinski definition) is 1. The number of amides is 1. The molecule has 0 aliphatic rings. The van der Waals surface area contributed by atoms with Crippen LogP contribution >= 0.6 is 0 Å². The molecule has 0 aliphatic heterocycles. The van der Waals surface area contributed by atoms with Crippen molar-refractivity contribution in [2.24, 2.45) is 0 Å². The van der Waals surface area contributed by atoms with Gasteiger partial charge in [0.25, 0.3) is 0 Å². The number of nitrogens with zero attached hydrogens (tertiary/aromatic N) is 1. The highest BCUT2D eigenvalue weighted by atomic mass is 32.2. The van der Waals surface area contributed by atoms with Crippen LogP contribution in [0.25, 0.3) is 0 Å². The minimum Gasteiger partial charge on any atom is -0.489 e. The van der Waals surface area contributed by atoms with Crippen LogP contribution in [0.4, 0.5) is 5.69 Å². The molecule has 0 saturated carbocycles. The number of sulfonamides is 1. The van der Waals surface area contributed by atoms with Gasteiger partial charge in [-0.15, -0.1) is 0 Å². The van der Waals surface area contributed by atoms with Gasteiger partial charge in [0, 0.05) is 19.5 Å². The van der Waals surface area contributed by atoms with Crippen molar-refractivity contribution in [3.05, 3.63) is 60.2 Å². The Kier molecular flexibility index (Phi) is 7.38. The van der Waals surface area contributed by atoms with Crippen molar-refractivity contribution in [3.8, 4) is 5.75 Å². The lowest BCUT2D eigenvalue weighted by Crippen LogP contribution is -2.32. The first-order valence-electron chi connectivity index (χ1n) is 8.80. The van der Waals surface area contributed by atoms with Crippen LogP contribution in [0.5, 0.6) is 5.75 Å². The van der Waals surface area contributed by atoms with Crippen LogP contribution in [0.2, 0.25) is 0 Å². The number of ether oxygens (including phenoxy) is 1. The van der Waals surface area contributed by atoms with Gasteiger partial charge < -0.3 is 10.1 Å². The summed E-state index contributed by atoms with van der Waals surface area (Å²) in [6.45, 7) is 4.16. The van der Waals surface area contributed by atoms with E-state index in [9.17, 15) is 13.2 Å². The molecule has 2 rings (SSSR count). The molecule has 0 aliphatic carbocycles. The number of rotatable bonds is 9. The van der Waals surface area contributed by atoms with Crippen LogP contribution < -0.4 is 10.1 Å². The lowest BCUT2D eigenvalue weighted by atomic mass is 10.2. The van der Waals surface area contributed by atoms with Gasteiger partial charge in [-0.05, 0) is 31.5 Å². The molecule has 1 amide bonds. The first-order chi connectivity index (χ1) is 12.8. The van der Waals surface area contributed by atoms with Crippen molar-refractivity contribution in [2.75, 3.05) is 18.1 Å². The highest BCUT2D eigenvalue weighted by Gasteiger charge is 2.19. The largest absolute Gasteiger partial charge is 0.489 e. The molecular weight excluding hydrogens is 364 g/mol. The zero-order valence-electron chi connectivity index (χ0n) is 15.9. The van der Waals surface area contributed by atoms with Gasteiger partial charge in [-0.3, -0.25) is 4.79 Å². The summed E-state index contributed by atoms with van der Waals surface area (Å²) in [6.07, 6.45) is 1.19. The molecule has 6 nitrogen and oxygen atoms in total. The smallest absolute Gasteiger partial charge is 0.225 e. The van der Waals surface area contributed by atoms with E-state index in [1.807, 2.05) is 50.2 Å². The maximum absolute atomic E-state index is 12.3. The Bertz CT molecular complexity index is 851. The molecule has 0 unspecified atom stereocenters. The van der Waals surface area contributed by atoms with E-state index in [1.54, 1.807) is 18.2 Å². The number of hydrogen-bond acceptors (Lipinski definition) is 4. The van der Waals surface area contributed by atoms with Gasteiger partial charge in [0.1, 0.15) is 5.75 Å². The number of benzene rings is 2. The predicted molar refractivity (Wildman–Crippen MR) is 107 cm³/mol. The van der Waals surface area contributed by atoms with Crippen molar-refractivity contribution in [1.29, 1.82) is 0 Å². The first-order valence-corrected chi connectivity index (χ1v) is 10.6. The summed E-state index contributed by atoms with van der Waals surface area (Å²) in [5, 5.41) is 2.80. The van der Waals surface area contributed by atoms with Gasteiger partial charge in [0.2, 0.25) is 15.9 Å². The van der Waals surface area contributed by atoms with Crippen LogP contribution in [0.1, 0.15) is 25.8 Å². The molecule has 0 spiro atoms. The van der Waals surface area contributed by atoms with Crippen LogP contribution in [-0.4, -0.2) is 37.5 Å². The zero-order chi connectivity index (χ0) is 19.9. The van der Waals surface area contributed by atoms with E-state index >= 15 is 0 Å². The van der Waals surface area contributed by atoms with E-state index in [0.717, 1.165) is 11.8 Å². The van der Waals surface area contributed by atoms with Crippen molar-refractivity contribution < 1.29 is 17.9 Å². The number of nitrogens with one attached hydrogen (secondary N) is 1. The fourth-order valence-corrected chi connectivity index (χ4v) is 3.32. The second-order valence-electron chi connectivity index (χ2n) is 6.54. The van der Waals surface area contributed by atoms with Gasteiger partial charge in [-0.1, -0.05) is 42.5 Å². The molecule has 0 bridgehead atoms. The van der Waals surface area contributed by atoms with E-state index in [-0.39, 0.29) is 31.5 Å². The van der Waals surface area contributed by atoms with Crippen LogP contribution in [-0.2, 0) is 21.4 Å². The van der Waals surface area contributed by atoms with Crippen molar-refractivity contribution in [3.63, 3.8) is 0 Å². The Labute approximate surface area is 161 Å². The third kappa shape index (κ3) is 7.03. The van der Waals surface area contributed by atoms with Crippen LogP contribution in [0.3, 0.4) is 0 Å². The van der Waals surface area contributed by atoms with Gasteiger partial charge >= 0.3 is 0 Å². The Morgan fingerprint density at radius 1 is 1.07 bits per heavy atom. The van der Waals surface area contributed by atoms with Gasteiger partial charge in [-0.25, -0.2) is 8.42 Å². The third-order valence-electron chi connectivity index (χ3n) is 3.78. The van der Waals surface area contributed by atoms with E-state index in [2.05, 4.69) is 5.32 Å². The van der Waals surface area contributed by atoms with Crippen LogP contribution in [0, 0.1) is 0 Å². The molecule has 0 atom stereocenters. The van der Waals surface area contributed by atoms with Gasteiger partial charge in [0.15, 0.2) is 0 Å². The minimum atomic E-state index is -3.43. The standard InChI is InChI=1S/C20H26N2O4S/c1-16(2)26-19-12-8-7-11-18(19)21-20(23)13-14-22(27(3,24)25)15-17-9-5-4-6-10-17/h4-12,16H,13-15H2,1-3H3,(H,21,23). The van der Waals surface area contributed by atoms with E-state index in [4.69, 9.17) is 4.74 Å². The quantitative estimate of drug-likeness (QED) is 0.713. The third-order valence-corrected chi connectivity index (χ3v) is 5.03. The van der Waals surface area contributed by atoms with E-state index in [0.29, 0.717) is 11.4 Å². The lowest BCUT2D eigenvalue weighted by Gasteiger charge is -2.20. The Hall–Kier alpha value is -2.38. The number of carbonyl (C=O) groups excluding carboxylic acids is 1. The molecule has 1 N–H and O–H groups in total. The van der Waals surface area contributed by atoms with Crippen LogP contribution in [0.15, 0.2) is 54.6 Å². The summed E-state index contributed by atoms with van der Waals surface area (Å²) >= 11 is 0. The number of anilines is 1. The summed E-state index contributed by atoms with van der Waals surface area (Å²) in [5.74, 6) is 0.321. The molecule has 0 fully saturated rings. The molecule has 0 saturated heterocycles. The zero-order valence-corrected chi connectivity index (χ0v) is 16.7. The fourth-order valence-electron chi connectivity index (χ4n) is 2.51. The summed E-state index contributed by atoms with van der Waals surface area (Å²) in [4.78, 5) is 12.3. The molecule has 146 valence electrons. The Morgan fingerprint density at radius 3 is 2.33 bits per heavy atom. The Balaban J connectivity index is 2.00. The number of carbonyl (C=O) groups is 1. The van der Waals surface area contributed by atoms with Crippen molar-refractivity contribution in [2.45, 2.75) is 32.9 Å². The van der Waals surface area contributed by atoms with Crippen molar-refractivity contribution in [1.82, 2.24) is 4.31 Å². The van der Waals surface area contributed by atoms with Gasteiger partial charge in [-0.2, -0.15) is 4.31 Å². The summed E-state index contributed by atoms with van der Waals surface area (Å²) in [5.41, 5.74) is 1.45. The fraction of sp³-hybridized carbons (Fsp3) is 0.350. The lowest BCUT2D eigenvalue weighted by molar-refractivity contribution is -0.116. The molecule has 2 aromatic carbocycles. The maximum Gasteiger partial charge on any atom is 0.225 e. The predicted octanol–water partition coefficient (Wildman–Crippen LogP) is 3.26. The molecule has 0 heterocycles. The Morgan fingerprint density at radius 2 is 1.70 bits per heavy atom. The average Bonchev–Trinajstić information content (AvgIpc) is 2.60. The maximum atomic E-state index is 12.3. The van der Waals surface area contributed by atoms with E-state index in [1.165, 1.54) is 4.31 Å².